The molecule has 0 saturated carbocycles. The maximum atomic E-state index is 13.1. The molecule has 0 fully saturated rings. The van der Waals surface area contributed by atoms with E-state index in [9.17, 15) is 13.2 Å². The summed E-state index contributed by atoms with van der Waals surface area (Å²) in [6.45, 7) is 3.90. The molecular formula is C25H29N5O3S. The number of urea groups is 1. The second kappa shape index (κ2) is 10.4. The number of rotatable bonds is 8. The summed E-state index contributed by atoms with van der Waals surface area (Å²) in [4.78, 5) is 13.3. The lowest BCUT2D eigenvalue weighted by Gasteiger charge is -2.30. The van der Waals surface area contributed by atoms with Crippen LogP contribution in [-0.2, 0) is 9.84 Å². The van der Waals surface area contributed by atoms with Crippen molar-refractivity contribution in [3.8, 4) is 11.1 Å². The molecule has 34 heavy (non-hydrogen) atoms. The van der Waals surface area contributed by atoms with Crippen molar-refractivity contribution in [2.24, 2.45) is 5.73 Å². The van der Waals surface area contributed by atoms with Gasteiger partial charge in [0.1, 0.15) is 5.84 Å². The van der Waals surface area contributed by atoms with Crippen LogP contribution in [0.1, 0.15) is 25.8 Å². The number of hydrazine groups is 1. The third-order valence-corrected chi connectivity index (χ3v) is 6.56. The highest BCUT2D eigenvalue weighted by Gasteiger charge is 2.20. The van der Waals surface area contributed by atoms with Gasteiger partial charge in [-0.15, -0.1) is 0 Å². The lowest BCUT2D eigenvalue weighted by Crippen LogP contribution is -2.45. The Hall–Kier alpha value is -3.85. The van der Waals surface area contributed by atoms with Crippen LogP contribution in [0.3, 0.4) is 0 Å². The van der Waals surface area contributed by atoms with Gasteiger partial charge in [-0.2, -0.15) is 0 Å². The van der Waals surface area contributed by atoms with Crippen molar-refractivity contribution >= 4 is 33.1 Å². The van der Waals surface area contributed by atoms with Gasteiger partial charge in [0.15, 0.2) is 9.84 Å². The Kier molecular flexibility index (Phi) is 7.57. The first-order valence-electron chi connectivity index (χ1n) is 10.8. The molecule has 178 valence electrons. The first-order valence-corrected chi connectivity index (χ1v) is 12.7. The molecule has 0 aromatic heterocycles. The Balaban J connectivity index is 1.80. The Labute approximate surface area is 200 Å². The first-order chi connectivity index (χ1) is 16.1. The average Bonchev–Trinajstić information content (AvgIpc) is 2.82. The number of carbonyl (C=O) groups excluding carboxylic acids is 1. The molecule has 8 nitrogen and oxygen atoms in total. The topological polar surface area (TPSA) is 128 Å². The summed E-state index contributed by atoms with van der Waals surface area (Å²) in [5.74, 6) is -0.0549. The van der Waals surface area contributed by atoms with Gasteiger partial charge in [-0.25, -0.2) is 18.2 Å². The van der Waals surface area contributed by atoms with E-state index in [0.717, 1.165) is 5.56 Å². The van der Waals surface area contributed by atoms with Gasteiger partial charge in [-0.05, 0) is 49.2 Å². The smallest absolute Gasteiger partial charge is 0.340 e. The van der Waals surface area contributed by atoms with Gasteiger partial charge >= 0.3 is 6.03 Å². The molecule has 0 aliphatic rings. The standard InChI is InChI=1S/C25H29N5O3S/c1-4-17(2)30(29-21-9-7-8-19(16-21)24(26)27)25(31)28-20-14-12-18(13-15-20)22-10-5-6-11-23(22)34(3,32)33/h5-17,29H,4H2,1-3H3,(H3,26,27)(H,28,31). The molecule has 0 radical (unpaired) electrons. The van der Waals surface area contributed by atoms with Gasteiger partial charge in [0, 0.05) is 23.1 Å². The molecular weight excluding hydrogens is 450 g/mol. The van der Waals surface area contributed by atoms with Crippen LogP contribution in [0, 0.1) is 5.41 Å². The molecule has 0 spiro atoms. The second-order valence-corrected chi connectivity index (χ2v) is 9.99. The summed E-state index contributed by atoms with van der Waals surface area (Å²) in [6, 6.07) is 20.3. The Morgan fingerprint density at radius 1 is 1.03 bits per heavy atom. The molecule has 9 heteroatoms. The zero-order chi connectivity index (χ0) is 24.9. The fourth-order valence-electron chi connectivity index (χ4n) is 3.38. The number of amidine groups is 1. The third-order valence-electron chi connectivity index (χ3n) is 5.41. The molecule has 1 unspecified atom stereocenters. The SMILES string of the molecule is CCC(C)N(Nc1cccc(C(=N)N)c1)C(=O)Nc1ccc(-c2ccccc2S(C)(=O)=O)cc1. The number of hydrogen-bond acceptors (Lipinski definition) is 5. The van der Waals surface area contributed by atoms with Crippen LogP contribution in [0.25, 0.3) is 11.1 Å². The quantitative estimate of drug-likeness (QED) is 0.211. The normalized spacial score (nSPS) is 12.0. The highest BCUT2D eigenvalue weighted by Crippen LogP contribution is 2.28. The van der Waals surface area contributed by atoms with Crippen molar-refractivity contribution in [1.29, 1.82) is 5.41 Å². The van der Waals surface area contributed by atoms with Gasteiger partial charge in [-0.3, -0.25) is 10.8 Å². The maximum absolute atomic E-state index is 13.1. The van der Waals surface area contributed by atoms with Gasteiger partial charge in [0.05, 0.1) is 16.6 Å². The molecule has 0 heterocycles. The van der Waals surface area contributed by atoms with E-state index in [2.05, 4.69) is 10.7 Å². The summed E-state index contributed by atoms with van der Waals surface area (Å²) < 4.78 is 24.3. The van der Waals surface area contributed by atoms with Gasteiger partial charge in [0.2, 0.25) is 0 Å². The molecule has 3 rings (SSSR count). The monoisotopic (exact) mass is 479 g/mol. The molecule has 3 aromatic carbocycles. The lowest BCUT2D eigenvalue weighted by atomic mass is 10.1. The van der Waals surface area contributed by atoms with E-state index >= 15 is 0 Å². The van der Waals surface area contributed by atoms with E-state index in [1.807, 2.05) is 13.8 Å². The van der Waals surface area contributed by atoms with Crippen LogP contribution >= 0.6 is 0 Å². The van der Waals surface area contributed by atoms with Gasteiger partial charge < -0.3 is 11.1 Å². The molecule has 3 aromatic rings. The molecule has 0 aliphatic heterocycles. The number of sulfone groups is 1. The number of carbonyl (C=O) groups is 1. The summed E-state index contributed by atoms with van der Waals surface area (Å²) in [5.41, 5.74) is 11.8. The van der Waals surface area contributed by atoms with Crippen LogP contribution < -0.4 is 16.5 Å². The Morgan fingerprint density at radius 3 is 2.32 bits per heavy atom. The first kappa shape index (κ1) is 24.8. The predicted octanol–water partition coefficient (Wildman–Crippen LogP) is 4.70. The van der Waals surface area contributed by atoms with E-state index in [4.69, 9.17) is 11.1 Å². The van der Waals surface area contributed by atoms with Crippen LogP contribution in [0.2, 0.25) is 0 Å². The number of nitrogens with one attached hydrogen (secondary N) is 3. The Morgan fingerprint density at radius 2 is 1.71 bits per heavy atom. The molecule has 2 amide bonds. The van der Waals surface area contributed by atoms with E-state index in [1.54, 1.807) is 72.8 Å². The molecule has 0 saturated heterocycles. The second-order valence-electron chi connectivity index (χ2n) is 8.01. The number of benzene rings is 3. The van der Waals surface area contributed by atoms with Crippen molar-refractivity contribution in [3.05, 3.63) is 78.4 Å². The number of nitrogens with zero attached hydrogens (tertiary/aromatic N) is 1. The molecule has 0 aliphatic carbocycles. The highest BCUT2D eigenvalue weighted by molar-refractivity contribution is 7.90. The molecule has 1 atom stereocenters. The van der Waals surface area contributed by atoms with E-state index < -0.39 is 9.84 Å². The number of hydrogen-bond donors (Lipinski definition) is 4. The van der Waals surface area contributed by atoms with E-state index in [1.165, 1.54) is 11.3 Å². The van der Waals surface area contributed by atoms with Gasteiger partial charge in [-0.1, -0.05) is 49.4 Å². The fourth-order valence-corrected chi connectivity index (χ4v) is 4.30. The minimum Gasteiger partial charge on any atom is -0.384 e. The minimum atomic E-state index is -3.38. The minimum absolute atomic E-state index is 0.0549. The van der Waals surface area contributed by atoms with Crippen molar-refractivity contribution in [2.75, 3.05) is 17.0 Å². The fraction of sp³-hybridized carbons (Fsp3) is 0.200. The average molecular weight is 480 g/mol. The van der Waals surface area contributed by atoms with Gasteiger partial charge in [0.25, 0.3) is 0 Å². The van der Waals surface area contributed by atoms with Crippen molar-refractivity contribution in [1.82, 2.24) is 5.01 Å². The predicted molar refractivity (Wildman–Crippen MR) is 137 cm³/mol. The number of nitrogens with two attached hydrogens (primary N) is 1. The summed E-state index contributed by atoms with van der Waals surface area (Å²) in [6.07, 6.45) is 1.90. The summed E-state index contributed by atoms with van der Waals surface area (Å²) in [7, 11) is -3.38. The zero-order valence-electron chi connectivity index (χ0n) is 19.4. The number of anilines is 2. The highest BCUT2D eigenvalue weighted by atomic mass is 32.2. The zero-order valence-corrected chi connectivity index (χ0v) is 20.2. The number of amides is 2. The maximum Gasteiger partial charge on any atom is 0.340 e. The van der Waals surface area contributed by atoms with E-state index in [-0.39, 0.29) is 22.8 Å². The Bertz CT molecular complexity index is 1290. The van der Waals surface area contributed by atoms with Crippen LogP contribution in [0.4, 0.5) is 16.2 Å². The molecule has 0 bridgehead atoms. The van der Waals surface area contributed by atoms with Crippen molar-refractivity contribution < 1.29 is 13.2 Å². The summed E-state index contributed by atoms with van der Waals surface area (Å²) in [5, 5.41) is 12.0. The third kappa shape index (κ3) is 5.93. The van der Waals surface area contributed by atoms with Crippen LogP contribution in [-0.4, -0.2) is 37.6 Å². The largest absolute Gasteiger partial charge is 0.384 e. The van der Waals surface area contributed by atoms with Crippen LogP contribution in [0.5, 0.6) is 0 Å². The number of nitrogen functional groups attached to an aromatic ring is 1. The van der Waals surface area contributed by atoms with Crippen molar-refractivity contribution in [3.63, 3.8) is 0 Å². The summed E-state index contributed by atoms with van der Waals surface area (Å²) >= 11 is 0. The lowest BCUT2D eigenvalue weighted by molar-refractivity contribution is 0.205. The van der Waals surface area contributed by atoms with E-state index in [0.29, 0.717) is 28.9 Å². The van der Waals surface area contributed by atoms with Crippen LogP contribution in [0.15, 0.2) is 77.7 Å². The molecule has 5 N–H and O–H groups in total. The van der Waals surface area contributed by atoms with Crippen molar-refractivity contribution in [2.45, 2.75) is 31.2 Å².